The Morgan fingerprint density at radius 1 is 1.37 bits per heavy atom. The molecule has 2 rings (SSSR count). The van der Waals surface area contributed by atoms with Crippen molar-refractivity contribution in [2.75, 3.05) is 0 Å². The number of nitrogens with two attached hydrogens (primary N) is 1. The largest absolute Gasteiger partial charge is 0.327 e. The standard InChI is InChI=1S/C14H17BrN4/c1-3-10(16)8-11-7-9(2)18-14(19-11)13-12(15)5-4-6-17-13/h4-7,10H,3,8,16H2,1-2H3. The zero-order chi connectivity index (χ0) is 13.8. The van der Waals surface area contributed by atoms with Crippen molar-refractivity contribution < 1.29 is 0 Å². The number of hydrogen-bond acceptors (Lipinski definition) is 4. The normalized spacial score (nSPS) is 12.4. The van der Waals surface area contributed by atoms with Crippen LogP contribution >= 0.6 is 15.9 Å². The quantitative estimate of drug-likeness (QED) is 0.940. The predicted octanol–water partition coefficient (Wildman–Crippen LogP) is 2.89. The Kier molecular flexibility index (Phi) is 4.61. The van der Waals surface area contributed by atoms with Gasteiger partial charge in [0.15, 0.2) is 5.82 Å². The minimum atomic E-state index is 0.134. The van der Waals surface area contributed by atoms with E-state index >= 15 is 0 Å². The average molecular weight is 321 g/mol. The van der Waals surface area contributed by atoms with Gasteiger partial charge in [0.1, 0.15) is 5.69 Å². The molecule has 0 saturated carbocycles. The first kappa shape index (κ1) is 14.1. The van der Waals surface area contributed by atoms with Crippen LogP contribution in [-0.4, -0.2) is 21.0 Å². The molecule has 19 heavy (non-hydrogen) atoms. The number of rotatable bonds is 4. The number of halogens is 1. The highest BCUT2D eigenvalue weighted by atomic mass is 79.9. The fourth-order valence-corrected chi connectivity index (χ4v) is 2.24. The molecule has 0 amide bonds. The third kappa shape index (κ3) is 3.58. The Hall–Kier alpha value is -1.33. The van der Waals surface area contributed by atoms with Gasteiger partial charge in [0.2, 0.25) is 0 Å². The molecule has 1 unspecified atom stereocenters. The number of pyridine rings is 1. The minimum Gasteiger partial charge on any atom is -0.327 e. The van der Waals surface area contributed by atoms with Gasteiger partial charge in [-0.1, -0.05) is 6.92 Å². The number of hydrogen-bond donors (Lipinski definition) is 1. The fraction of sp³-hybridized carbons (Fsp3) is 0.357. The molecule has 0 radical (unpaired) electrons. The molecule has 0 bridgehead atoms. The Labute approximate surface area is 121 Å². The molecule has 2 N–H and O–H groups in total. The zero-order valence-electron chi connectivity index (χ0n) is 11.1. The highest BCUT2D eigenvalue weighted by Gasteiger charge is 2.11. The Morgan fingerprint density at radius 2 is 2.16 bits per heavy atom. The van der Waals surface area contributed by atoms with E-state index in [1.807, 2.05) is 25.1 Å². The van der Waals surface area contributed by atoms with Crippen molar-refractivity contribution in [1.29, 1.82) is 0 Å². The highest BCUT2D eigenvalue weighted by molar-refractivity contribution is 9.10. The Morgan fingerprint density at radius 3 is 2.84 bits per heavy atom. The average Bonchev–Trinajstić information content (AvgIpc) is 2.38. The molecule has 0 saturated heterocycles. The monoisotopic (exact) mass is 320 g/mol. The number of nitrogens with zero attached hydrogens (tertiary/aromatic N) is 3. The molecule has 0 aliphatic carbocycles. The first-order valence-electron chi connectivity index (χ1n) is 6.31. The van der Waals surface area contributed by atoms with Crippen LogP contribution in [0, 0.1) is 6.92 Å². The van der Waals surface area contributed by atoms with Crippen molar-refractivity contribution in [3.05, 3.63) is 40.3 Å². The van der Waals surface area contributed by atoms with E-state index in [-0.39, 0.29) is 6.04 Å². The summed E-state index contributed by atoms with van der Waals surface area (Å²) in [5.41, 5.74) is 8.65. The molecule has 0 spiro atoms. The molecular weight excluding hydrogens is 304 g/mol. The van der Waals surface area contributed by atoms with Gasteiger partial charge in [0.05, 0.1) is 0 Å². The van der Waals surface area contributed by atoms with Crippen LogP contribution in [0.15, 0.2) is 28.9 Å². The minimum absolute atomic E-state index is 0.134. The summed E-state index contributed by atoms with van der Waals surface area (Å²) in [6, 6.07) is 5.92. The second kappa shape index (κ2) is 6.21. The van der Waals surface area contributed by atoms with Crippen LogP contribution in [0.5, 0.6) is 0 Å². The summed E-state index contributed by atoms with van der Waals surface area (Å²) in [6.07, 6.45) is 3.44. The summed E-state index contributed by atoms with van der Waals surface area (Å²) in [6.45, 7) is 4.04. The van der Waals surface area contributed by atoms with Gasteiger partial charge in [-0.05, 0) is 47.5 Å². The summed E-state index contributed by atoms with van der Waals surface area (Å²) >= 11 is 3.48. The van der Waals surface area contributed by atoms with Crippen LogP contribution in [-0.2, 0) is 6.42 Å². The summed E-state index contributed by atoms with van der Waals surface area (Å²) in [5, 5.41) is 0. The van der Waals surface area contributed by atoms with Gasteiger partial charge in [-0.15, -0.1) is 0 Å². The van der Waals surface area contributed by atoms with Crippen LogP contribution in [0.2, 0.25) is 0 Å². The van der Waals surface area contributed by atoms with Crippen molar-refractivity contribution >= 4 is 15.9 Å². The molecule has 2 heterocycles. The van der Waals surface area contributed by atoms with E-state index in [0.717, 1.165) is 34.4 Å². The topological polar surface area (TPSA) is 64.7 Å². The first-order chi connectivity index (χ1) is 9.10. The van der Waals surface area contributed by atoms with Crippen LogP contribution in [0.25, 0.3) is 11.5 Å². The summed E-state index contributed by atoms with van der Waals surface area (Å²) < 4.78 is 0.895. The lowest BCUT2D eigenvalue weighted by atomic mass is 10.1. The number of aromatic nitrogens is 3. The van der Waals surface area contributed by atoms with Gasteiger partial charge in [-0.2, -0.15) is 0 Å². The lowest BCUT2D eigenvalue weighted by molar-refractivity contribution is 0.635. The van der Waals surface area contributed by atoms with E-state index in [4.69, 9.17) is 5.73 Å². The molecule has 1 atom stereocenters. The molecule has 0 aliphatic heterocycles. The van der Waals surface area contributed by atoms with E-state index in [9.17, 15) is 0 Å². The first-order valence-corrected chi connectivity index (χ1v) is 7.10. The third-order valence-corrected chi connectivity index (χ3v) is 3.51. The predicted molar refractivity (Wildman–Crippen MR) is 79.7 cm³/mol. The van der Waals surface area contributed by atoms with E-state index < -0.39 is 0 Å². The maximum atomic E-state index is 5.99. The van der Waals surface area contributed by atoms with Crippen molar-refractivity contribution in [3.63, 3.8) is 0 Å². The number of aryl methyl sites for hydroxylation is 1. The molecule has 4 nitrogen and oxygen atoms in total. The molecule has 2 aromatic rings. The summed E-state index contributed by atoms with van der Waals surface area (Å²) in [7, 11) is 0. The summed E-state index contributed by atoms with van der Waals surface area (Å²) in [4.78, 5) is 13.3. The lowest BCUT2D eigenvalue weighted by Crippen LogP contribution is -2.22. The molecule has 100 valence electrons. The van der Waals surface area contributed by atoms with Crippen molar-refractivity contribution in [2.24, 2.45) is 5.73 Å². The summed E-state index contributed by atoms with van der Waals surface area (Å²) in [5.74, 6) is 0.644. The van der Waals surface area contributed by atoms with Crippen LogP contribution < -0.4 is 5.73 Å². The zero-order valence-corrected chi connectivity index (χ0v) is 12.7. The SMILES string of the molecule is CCC(N)Cc1cc(C)nc(-c2ncccc2Br)n1. The van der Waals surface area contributed by atoms with Crippen LogP contribution in [0.3, 0.4) is 0 Å². The van der Waals surface area contributed by atoms with Gasteiger partial charge in [-0.25, -0.2) is 9.97 Å². The highest BCUT2D eigenvalue weighted by Crippen LogP contribution is 2.23. The third-order valence-electron chi connectivity index (χ3n) is 2.87. The maximum Gasteiger partial charge on any atom is 0.179 e. The van der Waals surface area contributed by atoms with E-state index in [1.165, 1.54) is 0 Å². The van der Waals surface area contributed by atoms with Crippen LogP contribution in [0.1, 0.15) is 24.7 Å². The van der Waals surface area contributed by atoms with Crippen molar-refractivity contribution in [3.8, 4) is 11.5 Å². The van der Waals surface area contributed by atoms with Gasteiger partial charge in [-0.3, -0.25) is 4.98 Å². The molecule has 0 aliphatic rings. The fourth-order valence-electron chi connectivity index (χ4n) is 1.81. The van der Waals surface area contributed by atoms with E-state index in [2.05, 4.69) is 37.8 Å². The van der Waals surface area contributed by atoms with E-state index in [0.29, 0.717) is 5.82 Å². The molecule has 5 heteroatoms. The van der Waals surface area contributed by atoms with Gasteiger partial charge in [0.25, 0.3) is 0 Å². The Balaban J connectivity index is 2.39. The maximum absolute atomic E-state index is 5.99. The lowest BCUT2D eigenvalue weighted by Gasteiger charge is -2.10. The van der Waals surface area contributed by atoms with Crippen molar-refractivity contribution in [2.45, 2.75) is 32.7 Å². The molecule has 0 fully saturated rings. The van der Waals surface area contributed by atoms with Gasteiger partial charge in [0, 0.05) is 34.5 Å². The van der Waals surface area contributed by atoms with Gasteiger partial charge < -0.3 is 5.73 Å². The second-order valence-electron chi connectivity index (χ2n) is 4.53. The van der Waals surface area contributed by atoms with Crippen molar-refractivity contribution in [1.82, 2.24) is 15.0 Å². The Bertz CT molecular complexity index is 571. The molecular formula is C14H17BrN4. The van der Waals surface area contributed by atoms with E-state index in [1.54, 1.807) is 6.20 Å². The molecule has 2 aromatic heterocycles. The van der Waals surface area contributed by atoms with Gasteiger partial charge >= 0.3 is 0 Å². The van der Waals surface area contributed by atoms with Crippen LogP contribution in [0.4, 0.5) is 0 Å². The second-order valence-corrected chi connectivity index (χ2v) is 5.38. The smallest absolute Gasteiger partial charge is 0.179 e. The molecule has 0 aromatic carbocycles.